The predicted molar refractivity (Wildman–Crippen MR) is 61.7 cm³/mol. The van der Waals surface area contributed by atoms with E-state index in [1.165, 1.54) is 12.1 Å². The minimum atomic E-state index is -0.731. The molecule has 0 saturated carbocycles. The van der Waals surface area contributed by atoms with Crippen LogP contribution >= 0.6 is 0 Å². The lowest BCUT2D eigenvalue weighted by molar-refractivity contribution is -0.385. The van der Waals surface area contributed by atoms with Crippen LogP contribution in [-0.4, -0.2) is 9.99 Å². The van der Waals surface area contributed by atoms with Crippen molar-refractivity contribution >= 4 is 5.69 Å². The fraction of sp³-hybridized carbons (Fsp3) is 0.500. The molecule has 0 amide bonds. The molecule has 0 atom stereocenters. The van der Waals surface area contributed by atoms with Crippen LogP contribution in [0.15, 0.2) is 18.2 Å². The molecule has 2 rings (SSSR count). The summed E-state index contributed by atoms with van der Waals surface area (Å²) in [6, 6.07) is 4.65. The summed E-state index contributed by atoms with van der Waals surface area (Å²) in [7, 11) is 0. The number of rotatable bonds is 1. The number of non-ortho nitro benzene ring substituents is 1. The number of benzene rings is 1. The second-order valence-corrected chi connectivity index (χ2v) is 5.40. The lowest BCUT2D eigenvalue weighted by Crippen LogP contribution is -2.41. The number of hydrogen-bond donors (Lipinski definition) is 0. The van der Waals surface area contributed by atoms with E-state index < -0.39 is 16.0 Å². The number of hydrogen-bond acceptors (Lipinski definition) is 3. The predicted octanol–water partition coefficient (Wildman–Crippen LogP) is 2.73. The Labute approximate surface area is 99.8 Å². The van der Waals surface area contributed by atoms with E-state index in [1.54, 1.807) is 19.9 Å². The summed E-state index contributed by atoms with van der Waals surface area (Å²) in [6.45, 7) is 7.24. The highest BCUT2D eigenvalue weighted by molar-refractivity contribution is 5.49. The molecule has 0 aliphatic carbocycles. The lowest BCUT2D eigenvalue weighted by atomic mass is 9.90. The fourth-order valence-corrected chi connectivity index (χ4v) is 2.60. The van der Waals surface area contributed by atoms with Crippen molar-refractivity contribution in [3.8, 4) is 0 Å². The van der Waals surface area contributed by atoms with E-state index in [1.807, 2.05) is 13.8 Å². The van der Waals surface area contributed by atoms with Gasteiger partial charge < -0.3 is 0 Å². The van der Waals surface area contributed by atoms with E-state index in [-0.39, 0.29) is 5.69 Å². The minimum Gasteiger partial charge on any atom is -0.258 e. The molecular formula is C12H15N2O3. The molecule has 1 aromatic carbocycles. The van der Waals surface area contributed by atoms with Gasteiger partial charge in [-0.1, -0.05) is 0 Å². The normalized spacial score (nSPS) is 21.2. The Morgan fingerprint density at radius 3 is 2.18 bits per heavy atom. The smallest absolute Gasteiger partial charge is 0.258 e. The number of fused-ring (bicyclic) bond motifs is 1. The molecule has 0 unspecified atom stereocenters. The Hall–Kier alpha value is -1.46. The summed E-state index contributed by atoms with van der Waals surface area (Å²) >= 11 is 0. The van der Waals surface area contributed by atoms with Crippen LogP contribution in [0, 0.1) is 10.1 Å². The molecule has 0 spiro atoms. The Morgan fingerprint density at radius 2 is 1.65 bits per heavy atom. The number of hydroxylamine groups is 2. The second-order valence-electron chi connectivity index (χ2n) is 5.40. The van der Waals surface area contributed by atoms with Gasteiger partial charge in [0, 0.05) is 12.1 Å². The van der Waals surface area contributed by atoms with Crippen LogP contribution in [0.5, 0.6) is 0 Å². The monoisotopic (exact) mass is 235 g/mol. The lowest BCUT2D eigenvalue weighted by Gasteiger charge is -2.32. The largest absolute Gasteiger partial charge is 0.269 e. The summed E-state index contributed by atoms with van der Waals surface area (Å²) in [5.74, 6) is 0. The molecule has 1 aliphatic rings. The maximum absolute atomic E-state index is 12.2. The molecule has 1 radical (unpaired) electrons. The van der Waals surface area contributed by atoms with Crippen molar-refractivity contribution in [2.75, 3.05) is 0 Å². The van der Waals surface area contributed by atoms with Gasteiger partial charge in [0.05, 0.1) is 16.0 Å². The average Bonchev–Trinajstić information content (AvgIpc) is 2.38. The number of nitro groups is 1. The third kappa shape index (κ3) is 1.46. The highest BCUT2D eigenvalue weighted by atomic mass is 16.6. The summed E-state index contributed by atoms with van der Waals surface area (Å²) in [5.41, 5.74) is 0.261. The van der Waals surface area contributed by atoms with Crippen LogP contribution in [0.3, 0.4) is 0 Å². The molecule has 0 fully saturated rings. The zero-order valence-corrected chi connectivity index (χ0v) is 10.4. The van der Waals surface area contributed by atoms with E-state index in [2.05, 4.69) is 0 Å². The van der Waals surface area contributed by atoms with Crippen molar-refractivity contribution in [3.05, 3.63) is 39.4 Å². The molecule has 0 N–H and O–H groups in total. The Morgan fingerprint density at radius 1 is 1.12 bits per heavy atom. The first-order chi connectivity index (χ1) is 7.69. The third-order valence-corrected chi connectivity index (χ3v) is 3.55. The van der Waals surface area contributed by atoms with Crippen molar-refractivity contribution in [2.45, 2.75) is 38.8 Å². The van der Waals surface area contributed by atoms with Gasteiger partial charge in [0.25, 0.3) is 5.69 Å². The molecule has 91 valence electrons. The fourth-order valence-electron chi connectivity index (χ4n) is 2.60. The van der Waals surface area contributed by atoms with Crippen LogP contribution in [-0.2, 0) is 16.3 Å². The van der Waals surface area contributed by atoms with Crippen molar-refractivity contribution < 1.29 is 10.1 Å². The van der Waals surface area contributed by atoms with Crippen LogP contribution in [0.4, 0.5) is 5.69 Å². The summed E-state index contributed by atoms with van der Waals surface area (Å²) in [4.78, 5) is 10.3. The minimum absolute atomic E-state index is 0.0305. The molecule has 0 bridgehead atoms. The SMILES string of the molecule is CC1(C)c2ccc([N+](=O)[O-])cc2C(C)(C)N1[O]. The van der Waals surface area contributed by atoms with E-state index in [4.69, 9.17) is 0 Å². The number of nitrogens with zero attached hydrogens (tertiary/aromatic N) is 2. The van der Waals surface area contributed by atoms with Crippen molar-refractivity contribution in [2.24, 2.45) is 0 Å². The van der Waals surface area contributed by atoms with Crippen LogP contribution in [0.25, 0.3) is 0 Å². The van der Waals surface area contributed by atoms with Crippen LogP contribution in [0.2, 0.25) is 0 Å². The summed E-state index contributed by atoms with van der Waals surface area (Å²) < 4.78 is 0. The zero-order valence-electron chi connectivity index (χ0n) is 10.4. The Balaban J connectivity index is 2.68. The average molecular weight is 235 g/mol. The molecule has 1 aliphatic heterocycles. The molecule has 5 nitrogen and oxygen atoms in total. The molecule has 0 aromatic heterocycles. The van der Waals surface area contributed by atoms with Crippen LogP contribution < -0.4 is 0 Å². The Bertz CT molecular complexity index is 495. The van der Waals surface area contributed by atoms with Gasteiger partial charge in [-0.15, -0.1) is 10.3 Å². The van der Waals surface area contributed by atoms with Gasteiger partial charge in [-0.25, -0.2) is 0 Å². The molecular weight excluding hydrogens is 220 g/mol. The van der Waals surface area contributed by atoms with Gasteiger partial charge >= 0.3 is 0 Å². The number of nitro benzene ring substituents is 1. The van der Waals surface area contributed by atoms with Crippen molar-refractivity contribution in [3.63, 3.8) is 0 Å². The van der Waals surface area contributed by atoms with Gasteiger partial charge in [-0.05, 0) is 44.9 Å². The summed E-state index contributed by atoms with van der Waals surface area (Å²) in [6.07, 6.45) is 0. The van der Waals surface area contributed by atoms with Gasteiger partial charge in [-0.2, -0.15) is 0 Å². The topological polar surface area (TPSA) is 66.3 Å². The van der Waals surface area contributed by atoms with Gasteiger partial charge in [0.2, 0.25) is 0 Å². The molecule has 17 heavy (non-hydrogen) atoms. The van der Waals surface area contributed by atoms with Crippen molar-refractivity contribution in [1.82, 2.24) is 5.06 Å². The molecule has 5 heteroatoms. The standard InChI is InChI=1S/C12H15N2O3/c1-11(2)9-6-5-8(13(15)16)7-10(9)12(3,4)14(11)17/h5-7H,1-4H3. The maximum atomic E-state index is 12.2. The van der Waals surface area contributed by atoms with Crippen molar-refractivity contribution in [1.29, 1.82) is 0 Å². The van der Waals surface area contributed by atoms with Gasteiger partial charge in [-0.3, -0.25) is 10.1 Å². The van der Waals surface area contributed by atoms with Crippen LogP contribution in [0.1, 0.15) is 38.8 Å². The maximum Gasteiger partial charge on any atom is 0.269 e. The third-order valence-electron chi connectivity index (χ3n) is 3.55. The second kappa shape index (κ2) is 3.27. The highest BCUT2D eigenvalue weighted by Crippen LogP contribution is 2.49. The van der Waals surface area contributed by atoms with Gasteiger partial charge in [0.15, 0.2) is 0 Å². The zero-order chi connectivity index (χ0) is 13.0. The highest BCUT2D eigenvalue weighted by Gasteiger charge is 2.50. The Kier molecular flexibility index (Phi) is 2.31. The molecule has 1 aromatic rings. The molecule has 1 heterocycles. The molecule has 0 saturated heterocycles. The van der Waals surface area contributed by atoms with E-state index >= 15 is 0 Å². The summed E-state index contributed by atoms with van der Waals surface area (Å²) in [5, 5.41) is 24.0. The first-order valence-corrected chi connectivity index (χ1v) is 5.46. The first-order valence-electron chi connectivity index (χ1n) is 5.46. The van der Waals surface area contributed by atoms with E-state index in [0.29, 0.717) is 0 Å². The quantitative estimate of drug-likeness (QED) is 0.555. The van der Waals surface area contributed by atoms with E-state index in [0.717, 1.165) is 16.2 Å². The van der Waals surface area contributed by atoms with E-state index in [9.17, 15) is 15.3 Å². The van der Waals surface area contributed by atoms with Gasteiger partial charge in [0.1, 0.15) is 0 Å². The first kappa shape index (κ1) is 12.0.